The zero-order valence-corrected chi connectivity index (χ0v) is 15.3. The molecule has 1 fully saturated rings. The van der Waals surface area contributed by atoms with E-state index in [1.54, 1.807) is 29.2 Å². The van der Waals surface area contributed by atoms with Crippen molar-refractivity contribution in [1.82, 2.24) is 4.90 Å². The molecular formula is C19H19ClFNO4. The average molecular weight is 380 g/mol. The number of nitrogens with zero attached hydrogens (tertiary/aromatic N) is 1. The highest BCUT2D eigenvalue weighted by Gasteiger charge is 2.27. The van der Waals surface area contributed by atoms with Crippen LogP contribution in [0.2, 0.25) is 5.02 Å². The summed E-state index contributed by atoms with van der Waals surface area (Å²) in [6.45, 7) is 1.23. The lowest BCUT2D eigenvalue weighted by Gasteiger charge is -2.33. The van der Waals surface area contributed by atoms with E-state index in [1.165, 1.54) is 26.4 Å². The molecule has 7 heteroatoms. The van der Waals surface area contributed by atoms with Crippen LogP contribution >= 0.6 is 11.6 Å². The van der Waals surface area contributed by atoms with E-state index in [1.807, 2.05) is 0 Å². The Morgan fingerprint density at radius 3 is 2.62 bits per heavy atom. The van der Waals surface area contributed by atoms with Crippen molar-refractivity contribution in [2.24, 2.45) is 0 Å². The Labute approximate surface area is 156 Å². The lowest BCUT2D eigenvalue weighted by Crippen LogP contribution is -2.42. The maximum atomic E-state index is 13.1. The van der Waals surface area contributed by atoms with Gasteiger partial charge in [-0.15, -0.1) is 0 Å². The van der Waals surface area contributed by atoms with Gasteiger partial charge in [0.05, 0.1) is 32.4 Å². The summed E-state index contributed by atoms with van der Waals surface area (Å²) in [6.07, 6.45) is -0.302. The Balaban J connectivity index is 1.81. The molecule has 1 aliphatic rings. The van der Waals surface area contributed by atoms with Crippen LogP contribution in [-0.4, -0.2) is 44.7 Å². The number of hydrogen-bond acceptors (Lipinski definition) is 4. The molecule has 0 radical (unpaired) electrons. The maximum absolute atomic E-state index is 13.1. The van der Waals surface area contributed by atoms with Crippen LogP contribution < -0.4 is 9.47 Å². The highest BCUT2D eigenvalue weighted by atomic mass is 35.5. The monoisotopic (exact) mass is 379 g/mol. The van der Waals surface area contributed by atoms with Gasteiger partial charge in [0.1, 0.15) is 11.9 Å². The van der Waals surface area contributed by atoms with Crippen molar-refractivity contribution in [2.75, 3.05) is 33.9 Å². The number of benzene rings is 2. The molecule has 0 aromatic heterocycles. The van der Waals surface area contributed by atoms with E-state index in [-0.39, 0.29) is 17.8 Å². The molecule has 0 saturated carbocycles. The molecule has 2 aromatic rings. The van der Waals surface area contributed by atoms with Gasteiger partial charge in [0.2, 0.25) is 0 Å². The van der Waals surface area contributed by atoms with Crippen molar-refractivity contribution in [2.45, 2.75) is 6.10 Å². The van der Waals surface area contributed by atoms with Crippen LogP contribution in [-0.2, 0) is 4.74 Å². The number of rotatable bonds is 4. The zero-order valence-electron chi connectivity index (χ0n) is 14.5. The lowest BCUT2D eigenvalue weighted by molar-refractivity contribution is -0.0228. The Bertz CT molecular complexity index is 797. The van der Waals surface area contributed by atoms with E-state index in [4.69, 9.17) is 25.8 Å². The van der Waals surface area contributed by atoms with Gasteiger partial charge in [0, 0.05) is 12.1 Å². The molecule has 0 N–H and O–H groups in total. The predicted molar refractivity (Wildman–Crippen MR) is 95.6 cm³/mol. The van der Waals surface area contributed by atoms with E-state index in [9.17, 15) is 9.18 Å². The first-order valence-corrected chi connectivity index (χ1v) is 8.49. The molecule has 0 aliphatic carbocycles. The van der Waals surface area contributed by atoms with Crippen molar-refractivity contribution in [3.05, 3.63) is 58.4 Å². The van der Waals surface area contributed by atoms with Crippen LogP contribution in [0.15, 0.2) is 36.4 Å². The SMILES string of the molecule is COc1cc(C(=O)N2CCOC(c3ccc(F)cc3)C2)cc(Cl)c1OC. The first kappa shape index (κ1) is 18.5. The molecule has 1 heterocycles. The first-order valence-electron chi connectivity index (χ1n) is 8.11. The van der Waals surface area contributed by atoms with Crippen molar-refractivity contribution < 1.29 is 23.4 Å². The van der Waals surface area contributed by atoms with Crippen molar-refractivity contribution in [1.29, 1.82) is 0 Å². The highest BCUT2D eigenvalue weighted by Crippen LogP contribution is 2.36. The van der Waals surface area contributed by atoms with Gasteiger partial charge in [-0.2, -0.15) is 0 Å². The number of amides is 1. The minimum atomic E-state index is -0.308. The normalized spacial score (nSPS) is 17.1. The minimum absolute atomic E-state index is 0.178. The summed E-state index contributed by atoms with van der Waals surface area (Å²) in [4.78, 5) is 14.6. The lowest BCUT2D eigenvalue weighted by atomic mass is 10.1. The molecule has 138 valence electrons. The number of carbonyl (C=O) groups excluding carboxylic acids is 1. The quantitative estimate of drug-likeness (QED) is 0.812. The fraction of sp³-hybridized carbons (Fsp3) is 0.316. The van der Waals surface area contributed by atoms with E-state index in [0.717, 1.165) is 5.56 Å². The summed E-state index contributed by atoms with van der Waals surface area (Å²) >= 11 is 6.20. The van der Waals surface area contributed by atoms with Crippen LogP contribution in [0.4, 0.5) is 4.39 Å². The first-order chi connectivity index (χ1) is 12.5. The van der Waals surface area contributed by atoms with Crippen LogP contribution in [0.1, 0.15) is 22.0 Å². The minimum Gasteiger partial charge on any atom is -0.493 e. The third kappa shape index (κ3) is 3.76. The summed E-state index contributed by atoms with van der Waals surface area (Å²) in [5.74, 6) is 0.296. The maximum Gasteiger partial charge on any atom is 0.254 e. The summed E-state index contributed by atoms with van der Waals surface area (Å²) < 4.78 is 29.3. The van der Waals surface area contributed by atoms with Crippen LogP contribution in [0, 0.1) is 5.82 Å². The molecule has 3 rings (SSSR count). The summed E-state index contributed by atoms with van der Waals surface area (Å²) in [5.41, 5.74) is 1.24. The molecule has 1 unspecified atom stereocenters. The van der Waals surface area contributed by atoms with E-state index < -0.39 is 0 Å². The van der Waals surface area contributed by atoms with Crippen molar-refractivity contribution >= 4 is 17.5 Å². The molecule has 1 aliphatic heterocycles. The van der Waals surface area contributed by atoms with Crippen LogP contribution in [0.5, 0.6) is 11.5 Å². The fourth-order valence-corrected chi connectivity index (χ4v) is 3.22. The van der Waals surface area contributed by atoms with Gasteiger partial charge in [-0.1, -0.05) is 23.7 Å². The van der Waals surface area contributed by atoms with Gasteiger partial charge in [-0.25, -0.2) is 4.39 Å². The standard InChI is InChI=1S/C19H19ClFNO4/c1-24-16-10-13(9-15(20)18(16)25-2)19(23)22-7-8-26-17(11-22)12-3-5-14(21)6-4-12/h3-6,9-10,17H,7-8,11H2,1-2H3. The van der Waals surface area contributed by atoms with Gasteiger partial charge in [-0.05, 0) is 29.8 Å². The van der Waals surface area contributed by atoms with Crippen LogP contribution in [0.3, 0.4) is 0 Å². The number of ether oxygens (including phenoxy) is 3. The highest BCUT2D eigenvalue weighted by molar-refractivity contribution is 6.32. The fourth-order valence-electron chi connectivity index (χ4n) is 2.94. The molecule has 1 atom stereocenters. The van der Waals surface area contributed by atoms with Crippen molar-refractivity contribution in [3.63, 3.8) is 0 Å². The molecular weight excluding hydrogens is 361 g/mol. The smallest absolute Gasteiger partial charge is 0.254 e. The number of methoxy groups -OCH3 is 2. The second-order valence-electron chi connectivity index (χ2n) is 5.86. The summed E-state index contributed by atoms with van der Waals surface area (Å²) in [7, 11) is 2.97. The van der Waals surface area contributed by atoms with E-state index in [0.29, 0.717) is 41.8 Å². The second kappa shape index (κ2) is 7.93. The van der Waals surface area contributed by atoms with E-state index >= 15 is 0 Å². The van der Waals surface area contributed by atoms with Crippen LogP contribution in [0.25, 0.3) is 0 Å². The van der Waals surface area contributed by atoms with Gasteiger partial charge in [-0.3, -0.25) is 4.79 Å². The predicted octanol–water partition coefficient (Wildman–Crippen LogP) is 3.71. The average Bonchev–Trinajstić information content (AvgIpc) is 2.67. The third-order valence-electron chi connectivity index (χ3n) is 4.28. The van der Waals surface area contributed by atoms with Crippen molar-refractivity contribution in [3.8, 4) is 11.5 Å². The zero-order chi connectivity index (χ0) is 18.7. The molecule has 1 amide bonds. The largest absolute Gasteiger partial charge is 0.493 e. The number of halogens is 2. The molecule has 0 bridgehead atoms. The Morgan fingerprint density at radius 2 is 1.96 bits per heavy atom. The van der Waals surface area contributed by atoms with Gasteiger partial charge >= 0.3 is 0 Å². The number of hydrogen-bond donors (Lipinski definition) is 0. The number of morpholine rings is 1. The van der Waals surface area contributed by atoms with Gasteiger partial charge < -0.3 is 19.1 Å². The Hall–Kier alpha value is -2.31. The van der Waals surface area contributed by atoms with Gasteiger partial charge in [0.25, 0.3) is 5.91 Å². The second-order valence-corrected chi connectivity index (χ2v) is 6.26. The molecule has 26 heavy (non-hydrogen) atoms. The molecule has 1 saturated heterocycles. The molecule has 5 nitrogen and oxygen atoms in total. The van der Waals surface area contributed by atoms with Gasteiger partial charge in [0.15, 0.2) is 11.5 Å². The summed E-state index contributed by atoms with van der Waals surface area (Å²) in [5, 5.41) is 0.304. The molecule has 2 aromatic carbocycles. The topological polar surface area (TPSA) is 48.0 Å². The Morgan fingerprint density at radius 1 is 1.23 bits per heavy atom. The molecule has 0 spiro atoms. The number of carbonyl (C=O) groups is 1. The third-order valence-corrected chi connectivity index (χ3v) is 4.56. The van der Waals surface area contributed by atoms with E-state index in [2.05, 4.69) is 0 Å². The Kier molecular flexibility index (Phi) is 5.64. The summed E-state index contributed by atoms with van der Waals surface area (Å²) in [6, 6.07) is 9.27.